The number of rotatable bonds is 6. The van der Waals surface area contributed by atoms with Gasteiger partial charge >= 0.3 is 0 Å². The summed E-state index contributed by atoms with van der Waals surface area (Å²) in [7, 11) is 2.98. The summed E-state index contributed by atoms with van der Waals surface area (Å²) in [5.41, 5.74) is 1.91. The molecule has 0 bridgehead atoms. The molecule has 0 saturated heterocycles. The van der Waals surface area contributed by atoms with Crippen LogP contribution in [0, 0.1) is 0 Å². The van der Waals surface area contributed by atoms with Crippen molar-refractivity contribution in [3.05, 3.63) is 83.9 Å². The Morgan fingerprint density at radius 3 is 1.29 bits per heavy atom. The van der Waals surface area contributed by atoms with Crippen molar-refractivity contribution in [1.82, 2.24) is 0 Å². The average molecular weight is 458 g/mol. The van der Waals surface area contributed by atoms with Gasteiger partial charge in [-0.05, 0) is 59.7 Å². The van der Waals surface area contributed by atoms with Gasteiger partial charge in [0.05, 0.1) is 25.3 Å². The minimum Gasteiger partial charge on any atom is -0.507 e. The van der Waals surface area contributed by atoms with Crippen LogP contribution in [0.3, 0.4) is 0 Å². The number of hydrogen-bond acceptors (Lipinski definition) is 7. The summed E-state index contributed by atoms with van der Waals surface area (Å²) in [5.74, 6) is -0.270. The van der Waals surface area contributed by atoms with Crippen molar-refractivity contribution in [3.63, 3.8) is 0 Å². The summed E-state index contributed by atoms with van der Waals surface area (Å²) in [6, 6.07) is 18.3. The van der Waals surface area contributed by atoms with Crippen LogP contribution in [-0.4, -0.2) is 40.4 Å². The van der Waals surface area contributed by atoms with Crippen molar-refractivity contribution in [2.24, 2.45) is 0 Å². The molecule has 0 aromatic heterocycles. The van der Waals surface area contributed by atoms with Crippen LogP contribution >= 0.6 is 0 Å². The number of phenols is 4. The minimum atomic E-state index is -0.578. The van der Waals surface area contributed by atoms with E-state index >= 15 is 0 Å². The van der Waals surface area contributed by atoms with Crippen LogP contribution in [0.1, 0.15) is 15.9 Å². The number of ether oxygens (including phenoxy) is 2. The van der Waals surface area contributed by atoms with E-state index in [4.69, 9.17) is 9.47 Å². The normalized spacial score (nSPS) is 10.6. The van der Waals surface area contributed by atoms with Gasteiger partial charge in [-0.3, -0.25) is 4.79 Å². The Labute approximate surface area is 195 Å². The zero-order chi connectivity index (χ0) is 24.4. The standard InChI is InChI=1S/C27H22O7/c1-33-17-5-9-19(25(30)13-17)15-3-7-21(23(28)11-15)27(32)22-8-4-16(12-24(22)29)20-10-6-18(34-2)14-26(20)31/h3-14,28-31H,1-2H3. The predicted octanol–water partition coefficient (Wildman–Crippen LogP) is 5.09. The molecule has 0 spiro atoms. The van der Waals surface area contributed by atoms with Gasteiger partial charge in [0.1, 0.15) is 34.5 Å². The van der Waals surface area contributed by atoms with Crippen molar-refractivity contribution in [2.45, 2.75) is 0 Å². The molecule has 7 heteroatoms. The average Bonchev–Trinajstić information content (AvgIpc) is 2.83. The maximum absolute atomic E-state index is 13.0. The second-order valence-electron chi connectivity index (χ2n) is 7.56. The van der Waals surface area contributed by atoms with Crippen LogP contribution in [0.15, 0.2) is 72.8 Å². The topological polar surface area (TPSA) is 116 Å². The third-order valence-corrected chi connectivity index (χ3v) is 5.52. The third kappa shape index (κ3) is 4.19. The molecule has 0 unspecified atom stereocenters. The SMILES string of the molecule is COc1ccc(-c2ccc(C(=O)c3ccc(-c4ccc(OC)cc4O)cc3O)c(O)c2)c(O)c1. The monoisotopic (exact) mass is 458 g/mol. The Bertz CT molecular complexity index is 1290. The summed E-state index contributed by atoms with van der Waals surface area (Å²) < 4.78 is 10.2. The fourth-order valence-electron chi connectivity index (χ4n) is 3.69. The molecule has 4 aromatic rings. The van der Waals surface area contributed by atoms with E-state index in [1.807, 2.05) is 0 Å². The van der Waals surface area contributed by atoms with E-state index in [-0.39, 0.29) is 34.1 Å². The number of phenolic OH excluding ortho intramolecular Hbond substituents is 4. The first kappa shape index (κ1) is 22.5. The minimum absolute atomic E-state index is 0.00732. The molecule has 0 aliphatic carbocycles. The smallest absolute Gasteiger partial charge is 0.200 e. The van der Waals surface area contributed by atoms with Crippen LogP contribution in [0.5, 0.6) is 34.5 Å². The largest absolute Gasteiger partial charge is 0.507 e. The molecule has 0 aliphatic rings. The lowest BCUT2D eigenvalue weighted by Gasteiger charge is -2.12. The number of benzene rings is 4. The van der Waals surface area contributed by atoms with Crippen molar-refractivity contribution in [3.8, 4) is 56.8 Å². The first-order valence-electron chi connectivity index (χ1n) is 10.3. The van der Waals surface area contributed by atoms with Crippen LogP contribution in [0.4, 0.5) is 0 Å². The highest BCUT2D eigenvalue weighted by atomic mass is 16.5. The highest BCUT2D eigenvalue weighted by Gasteiger charge is 2.19. The molecule has 4 aromatic carbocycles. The van der Waals surface area contributed by atoms with Gasteiger partial charge in [0.2, 0.25) is 0 Å². The van der Waals surface area contributed by atoms with Crippen molar-refractivity contribution >= 4 is 5.78 Å². The van der Waals surface area contributed by atoms with Gasteiger partial charge < -0.3 is 29.9 Å². The van der Waals surface area contributed by atoms with E-state index in [0.29, 0.717) is 33.8 Å². The van der Waals surface area contributed by atoms with Crippen LogP contribution < -0.4 is 9.47 Å². The molecule has 0 atom stereocenters. The van der Waals surface area contributed by atoms with Gasteiger partial charge in [0.15, 0.2) is 5.78 Å². The molecule has 4 N–H and O–H groups in total. The van der Waals surface area contributed by atoms with E-state index in [1.54, 1.807) is 36.4 Å². The Kier molecular flexibility index (Phi) is 6.01. The number of aromatic hydroxyl groups is 4. The van der Waals surface area contributed by atoms with E-state index in [1.165, 1.54) is 50.6 Å². The van der Waals surface area contributed by atoms with Crippen LogP contribution in [0.25, 0.3) is 22.3 Å². The lowest BCUT2D eigenvalue weighted by Crippen LogP contribution is -2.02. The van der Waals surface area contributed by atoms with Gasteiger partial charge in [-0.15, -0.1) is 0 Å². The van der Waals surface area contributed by atoms with Gasteiger partial charge in [-0.2, -0.15) is 0 Å². The Balaban J connectivity index is 1.64. The Morgan fingerprint density at radius 1 is 0.559 bits per heavy atom. The molecule has 0 aliphatic heterocycles. The molecule has 0 heterocycles. The second kappa shape index (κ2) is 9.07. The Morgan fingerprint density at radius 2 is 0.971 bits per heavy atom. The summed E-state index contributed by atoms with van der Waals surface area (Å²) in [6.07, 6.45) is 0. The fraction of sp³-hybridized carbons (Fsp3) is 0.0741. The van der Waals surface area contributed by atoms with E-state index < -0.39 is 5.78 Å². The van der Waals surface area contributed by atoms with Crippen LogP contribution in [0.2, 0.25) is 0 Å². The summed E-state index contributed by atoms with van der Waals surface area (Å²) in [4.78, 5) is 13.0. The molecular weight excluding hydrogens is 436 g/mol. The number of ketones is 1. The van der Waals surface area contributed by atoms with E-state index in [9.17, 15) is 25.2 Å². The summed E-state index contributed by atoms with van der Waals surface area (Å²) in [5, 5.41) is 41.5. The molecule has 0 saturated carbocycles. The van der Waals surface area contributed by atoms with Gasteiger partial charge in [0.25, 0.3) is 0 Å². The first-order valence-corrected chi connectivity index (χ1v) is 10.3. The lowest BCUT2D eigenvalue weighted by atomic mass is 9.95. The number of carbonyl (C=O) groups is 1. The predicted molar refractivity (Wildman–Crippen MR) is 127 cm³/mol. The van der Waals surface area contributed by atoms with E-state index in [2.05, 4.69) is 0 Å². The van der Waals surface area contributed by atoms with Crippen molar-refractivity contribution < 1.29 is 34.7 Å². The molecule has 7 nitrogen and oxygen atoms in total. The summed E-state index contributed by atoms with van der Waals surface area (Å²) in [6.45, 7) is 0. The van der Waals surface area contributed by atoms with Crippen molar-refractivity contribution in [1.29, 1.82) is 0 Å². The highest BCUT2D eigenvalue weighted by Crippen LogP contribution is 2.38. The second-order valence-corrected chi connectivity index (χ2v) is 7.56. The maximum Gasteiger partial charge on any atom is 0.200 e. The molecule has 0 fully saturated rings. The molecule has 34 heavy (non-hydrogen) atoms. The number of methoxy groups -OCH3 is 2. The Hall–Kier alpha value is -4.65. The van der Waals surface area contributed by atoms with Gasteiger partial charge in [-0.25, -0.2) is 0 Å². The first-order chi connectivity index (χ1) is 16.3. The number of hydrogen-bond donors (Lipinski definition) is 4. The fourth-order valence-corrected chi connectivity index (χ4v) is 3.69. The van der Waals surface area contributed by atoms with Crippen molar-refractivity contribution in [2.75, 3.05) is 14.2 Å². The third-order valence-electron chi connectivity index (χ3n) is 5.52. The van der Waals surface area contributed by atoms with E-state index in [0.717, 1.165) is 0 Å². The molecular formula is C27H22O7. The van der Waals surface area contributed by atoms with Crippen LogP contribution in [-0.2, 0) is 0 Å². The maximum atomic E-state index is 13.0. The molecule has 172 valence electrons. The quantitative estimate of drug-likeness (QED) is 0.297. The molecule has 4 rings (SSSR count). The van der Waals surface area contributed by atoms with Gasteiger partial charge in [0, 0.05) is 23.3 Å². The summed E-state index contributed by atoms with van der Waals surface area (Å²) >= 11 is 0. The lowest BCUT2D eigenvalue weighted by molar-refractivity contribution is 0.103. The van der Waals surface area contributed by atoms with Gasteiger partial charge in [-0.1, -0.05) is 12.1 Å². The molecule has 0 radical (unpaired) electrons. The zero-order valence-electron chi connectivity index (χ0n) is 18.4. The number of carbonyl (C=O) groups excluding carboxylic acids is 1. The highest BCUT2D eigenvalue weighted by molar-refractivity contribution is 6.12. The molecule has 0 amide bonds. The zero-order valence-corrected chi connectivity index (χ0v) is 18.4.